The highest BCUT2D eigenvalue weighted by Crippen LogP contribution is 2.27. The molecule has 1 saturated heterocycles. The summed E-state index contributed by atoms with van der Waals surface area (Å²) in [5.74, 6) is 1.05. The van der Waals surface area contributed by atoms with Crippen molar-refractivity contribution in [1.82, 2.24) is 15.1 Å². The number of nitrogens with zero attached hydrogens (tertiary/aromatic N) is 4. The molecule has 0 aromatic heterocycles. The third-order valence-corrected chi connectivity index (χ3v) is 5.53. The van der Waals surface area contributed by atoms with E-state index in [4.69, 9.17) is 4.99 Å². The molecule has 3 rings (SSSR count). The summed E-state index contributed by atoms with van der Waals surface area (Å²) in [5, 5.41) is 3.48. The molecule has 1 N–H and O–H groups in total. The second-order valence-corrected chi connectivity index (χ2v) is 7.25. The number of hydrogen-bond donors (Lipinski definition) is 1. The average molecular weight is 358 g/mol. The van der Waals surface area contributed by atoms with Gasteiger partial charge in [0.1, 0.15) is 0 Å². The number of benzene rings is 1. The van der Waals surface area contributed by atoms with E-state index in [-0.39, 0.29) is 0 Å². The second kappa shape index (κ2) is 9.93. The lowest BCUT2D eigenvalue weighted by atomic mass is 10.2. The van der Waals surface area contributed by atoms with Crippen molar-refractivity contribution in [3.63, 3.8) is 0 Å². The molecule has 0 aliphatic carbocycles. The Labute approximate surface area is 159 Å². The third kappa shape index (κ3) is 4.98. The lowest BCUT2D eigenvalue weighted by Crippen LogP contribution is -2.46. The van der Waals surface area contributed by atoms with Gasteiger partial charge in [-0.05, 0) is 50.9 Å². The molecule has 1 aromatic rings. The summed E-state index contributed by atoms with van der Waals surface area (Å²) < 4.78 is 0. The van der Waals surface area contributed by atoms with E-state index in [0.717, 1.165) is 32.0 Å². The topological polar surface area (TPSA) is 34.1 Å². The van der Waals surface area contributed by atoms with Gasteiger partial charge in [0, 0.05) is 51.5 Å². The van der Waals surface area contributed by atoms with Gasteiger partial charge >= 0.3 is 0 Å². The van der Waals surface area contributed by atoms with Gasteiger partial charge in [0.2, 0.25) is 0 Å². The number of anilines is 1. The highest BCUT2D eigenvalue weighted by molar-refractivity contribution is 5.97. The first-order chi connectivity index (χ1) is 12.8. The lowest BCUT2D eigenvalue weighted by molar-refractivity contribution is 0.136. The Morgan fingerprint density at radius 2 is 1.77 bits per heavy atom. The van der Waals surface area contributed by atoms with Crippen LogP contribution in [0, 0.1) is 0 Å². The van der Waals surface area contributed by atoms with Crippen molar-refractivity contribution < 1.29 is 0 Å². The molecule has 0 spiro atoms. The maximum absolute atomic E-state index is 4.91. The van der Waals surface area contributed by atoms with Gasteiger partial charge in [-0.2, -0.15) is 0 Å². The summed E-state index contributed by atoms with van der Waals surface area (Å²) in [6, 6.07) is 8.70. The highest BCUT2D eigenvalue weighted by atomic mass is 15.3. The number of guanidine groups is 1. The molecular formula is C21H35N5. The molecule has 2 heterocycles. The van der Waals surface area contributed by atoms with Crippen LogP contribution in [0.2, 0.25) is 0 Å². The number of nitrogens with one attached hydrogen (secondary N) is 1. The number of rotatable bonds is 7. The number of likely N-dealkylation sites (N-methyl/N-ethyl adjacent to an activating group) is 1. The summed E-state index contributed by atoms with van der Waals surface area (Å²) in [6.07, 6.45) is 3.52. The maximum Gasteiger partial charge on any atom is 0.198 e. The van der Waals surface area contributed by atoms with Gasteiger partial charge in [-0.1, -0.05) is 25.1 Å². The van der Waals surface area contributed by atoms with E-state index < -0.39 is 0 Å². The Kier molecular flexibility index (Phi) is 7.32. The second-order valence-electron chi connectivity index (χ2n) is 7.25. The van der Waals surface area contributed by atoms with E-state index in [1.165, 1.54) is 63.4 Å². The fourth-order valence-electron chi connectivity index (χ4n) is 3.91. The first-order valence-corrected chi connectivity index (χ1v) is 10.4. The Morgan fingerprint density at radius 3 is 2.54 bits per heavy atom. The smallest absolute Gasteiger partial charge is 0.198 e. The average Bonchev–Trinajstić information content (AvgIpc) is 3.11. The molecule has 2 aliphatic heterocycles. The fourth-order valence-corrected chi connectivity index (χ4v) is 3.91. The molecule has 1 aromatic carbocycles. The molecule has 5 nitrogen and oxygen atoms in total. The zero-order valence-electron chi connectivity index (χ0n) is 16.6. The predicted molar refractivity (Wildman–Crippen MR) is 111 cm³/mol. The van der Waals surface area contributed by atoms with Gasteiger partial charge in [0.15, 0.2) is 5.96 Å². The van der Waals surface area contributed by atoms with E-state index in [2.05, 4.69) is 58.1 Å². The number of hydrogen-bond acceptors (Lipinski definition) is 3. The van der Waals surface area contributed by atoms with Crippen LogP contribution in [-0.2, 0) is 6.42 Å². The minimum atomic E-state index is 0.913. The number of fused-ring (bicyclic) bond motifs is 1. The standard InChI is InChI=1S/C21H35N5/c1-3-22-21(26-14-11-19-9-5-6-10-20(19)26)23-12-7-8-13-25-17-15-24(4-2)16-18-25/h5-6,9-10H,3-4,7-8,11-18H2,1-2H3,(H,22,23). The molecule has 2 aliphatic rings. The van der Waals surface area contributed by atoms with Crippen LogP contribution in [-0.4, -0.2) is 74.7 Å². The molecule has 144 valence electrons. The minimum Gasteiger partial charge on any atom is -0.356 e. The number of para-hydroxylation sites is 1. The molecule has 5 heteroatoms. The van der Waals surface area contributed by atoms with E-state index in [1.54, 1.807) is 0 Å². The van der Waals surface area contributed by atoms with E-state index in [9.17, 15) is 0 Å². The Hall–Kier alpha value is -1.59. The summed E-state index contributed by atoms with van der Waals surface area (Å²) in [6.45, 7) is 14.6. The monoisotopic (exact) mass is 357 g/mol. The van der Waals surface area contributed by atoms with Gasteiger partial charge in [-0.25, -0.2) is 0 Å². The van der Waals surface area contributed by atoms with Crippen LogP contribution in [0.3, 0.4) is 0 Å². The largest absolute Gasteiger partial charge is 0.356 e. The molecule has 0 atom stereocenters. The molecule has 0 saturated carbocycles. The molecular weight excluding hydrogens is 322 g/mol. The van der Waals surface area contributed by atoms with E-state index in [1.807, 2.05) is 0 Å². The molecule has 0 radical (unpaired) electrons. The summed E-state index contributed by atoms with van der Waals surface area (Å²) in [4.78, 5) is 12.4. The maximum atomic E-state index is 4.91. The third-order valence-electron chi connectivity index (χ3n) is 5.53. The van der Waals surface area contributed by atoms with Crippen LogP contribution in [0.15, 0.2) is 29.3 Å². The van der Waals surface area contributed by atoms with Crippen LogP contribution in [0.5, 0.6) is 0 Å². The predicted octanol–water partition coefficient (Wildman–Crippen LogP) is 2.43. The Balaban J connectivity index is 1.44. The summed E-state index contributed by atoms with van der Waals surface area (Å²) >= 11 is 0. The summed E-state index contributed by atoms with van der Waals surface area (Å²) in [5.41, 5.74) is 2.75. The fraction of sp³-hybridized carbons (Fsp3) is 0.667. The Morgan fingerprint density at radius 1 is 1.00 bits per heavy atom. The van der Waals surface area contributed by atoms with Gasteiger partial charge in [0.25, 0.3) is 0 Å². The zero-order chi connectivity index (χ0) is 18.2. The van der Waals surface area contributed by atoms with Gasteiger partial charge in [0.05, 0.1) is 0 Å². The van der Waals surface area contributed by atoms with Crippen LogP contribution in [0.1, 0.15) is 32.3 Å². The van der Waals surface area contributed by atoms with Crippen molar-refractivity contribution in [1.29, 1.82) is 0 Å². The quantitative estimate of drug-likeness (QED) is 0.462. The highest BCUT2D eigenvalue weighted by Gasteiger charge is 2.22. The van der Waals surface area contributed by atoms with Crippen molar-refractivity contribution in [3.05, 3.63) is 29.8 Å². The van der Waals surface area contributed by atoms with E-state index >= 15 is 0 Å². The van der Waals surface area contributed by atoms with Crippen molar-refractivity contribution in [2.24, 2.45) is 4.99 Å². The van der Waals surface area contributed by atoms with E-state index in [0.29, 0.717) is 0 Å². The SMILES string of the molecule is CCNC(=NCCCCN1CCN(CC)CC1)N1CCc2ccccc21. The normalized spacial score (nSPS) is 19.0. The van der Waals surface area contributed by atoms with Crippen LogP contribution in [0.25, 0.3) is 0 Å². The first-order valence-electron chi connectivity index (χ1n) is 10.4. The van der Waals surface area contributed by atoms with Crippen molar-refractivity contribution >= 4 is 11.6 Å². The van der Waals surface area contributed by atoms with Gasteiger partial charge < -0.3 is 20.0 Å². The molecule has 0 unspecified atom stereocenters. The first kappa shape index (κ1) is 19.2. The van der Waals surface area contributed by atoms with Gasteiger partial charge in [-0.15, -0.1) is 0 Å². The van der Waals surface area contributed by atoms with Crippen molar-refractivity contribution in [2.75, 3.05) is 63.8 Å². The molecule has 0 amide bonds. The lowest BCUT2D eigenvalue weighted by Gasteiger charge is -2.33. The van der Waals surface area contributed by atoms with Gasteiger partial charge in [-0.3, -0.25) is 4.99 Å². The zero-order valence-corrected chi connectivity index (χ0v) is 16.6. The number of piperazine rings is 1. The number of unbranched alkanes of at least 4 members (excludes halogenated alkanes) is 1. The molecule has 26 heavy (non-hydrogen) atoms. The molecule has 0 bridgehead atoms. The summed E-state index contributed by atoms with van der Waals surface area (Å²) in [7, 11) is 0. The van der Waals surface area contributed by atoms with Crippen LogP contribution >= 0.6 is 0 Å². The van der Waals surface area contributed by atoms with Crippen LogP contribution in [0.4, 0.5) is 5.69 Å². The van der Waals surface area contributed by atoms with Crippen molar-refractivity contribution in [2.45, 2.75) is 33.1 Å². The minimum absolute atomic E-state index is 0.913. The molecule has 1 fully saturated rings. The Bertz CT molecular complexity index is 578. The van der Waals surface area contributed by atoms with Crippen molar-refractivity contribution in [3.8, 4) is 0 Å². The van der Waals surface area contributed by atoms with Crippen LogP contribution < -0.4 is 10.2 Å². The number of aliphatic imine (C=N–C) groups is 1.